The van der Waals surface area contributed by atoms with Gasteiger partial charge in [-0.15, -0.1) is 0 Å². The van der Waals surface area contributed by atoms with Crippen LogP contribution in [0.15, 0.2) is 18.2 Å². The average molecular weight is 247 g/mol. The van der Waals surface area contributed by atoms with E-state index >= 15 is 0 Å². The highest BCUT2D eigenvalue weighted by atomic mass is 19.1. The highest BCUT2D eigenvalue weighted by Gasteiger charge is 2.15. The van der Waals surface area contributed by atoms with E-state index in [0.29, 0.717) is 43.7 Å². The highest BCUT2D eigenvalue weighted by molar-refractivity contribution is 5.76. The summed E-state index contributed by atoms with van der Waals surface area (Å²) < 4.78 is 13.6. The zero-order chi connectivity index (χ0) is 13.0. The fourth-order valence-electron chi connectivity index (χ4n) is 1.98. The van der Waals surface area contributed by atoms with E-state index in [-0.39, 0.29) is 11.7 Å². The van der Waals surface area contributed by atoms with Gasteiger partial charge in [-0.1, -0.05) is 0 Å². The standard InChI is InChI=1S/C13H14FN3O/c14-12-2-1-10(8-15)7-11(12)9-17-5-3-13(18)16-4-6-17/h1-2,7H,3-6,9H2,(H,16,18). The molecule has 1 N–H and O–H groups in total. The van der Waals surface area contributed by atoms with Crippen LogP contribution in [0.25, 0.3) is 0 Å². The lowest BCUT2D eigenvalue weighted by atomic mass is 10.1. The number of halogens is 1. The second kappa shape index (κ2) is 5.61. The number of benzene rings is 1. The first-order valence-electron chi connectivity index (χ1n) is 5.86. The maximum absolute atomic E-state index is 13.6. The van der Waals surface area contributed by atoms with Gasteiger partial charge in [0, 0.05) is 38.2 Å². The molecule has 1 aromatic rings. The van der Waals surface area contributed by atoms with Crippen LogP contribution in [0.2, 0.25) is 0 Å². The molecule has 1 aliphatic heterocycles. The van der Waals surface area contributed by atoms with Crippen molar-refractivity contribution in [3.05, 3.63) is 35.1 Å². The van der Waals surface area contributed by atoms with Gasteiger partial charge in [0.25, 0.3) is 0 Å². The Morgan fingerprint density at radius 3 is 3.06 bits per heavy atom. The number of amides is 1. The van der Waals surface area contributed by atoms with Crippen molar-refractivity contribution in [1.82, 2.24) is 10.2 Å². The molecule has 18 heavy (non-hydrogen) atoms. The van der Waals surface area contributed by atoms with Gasteiger partial charge in [0.05, 0.1) is 11.6 Å². The summed E-state index contributed by atoms with van der Waals surface area (Å²) in [6, 6.07) is 6.34. The minimum atomic E-state index is -0.308. The van der Waals surface area contributed by atoms with Gasteiger partial charge in [-0.25, -0.2) is 4.39 Å². The van der Waals surface area contributed by atoms with Crippen molar-refractivity contribution in [2.45, 2.75) is 13.0 Å². The van der Waals surface area contributed by atoms with Crippen LogP contribution >= 0.6 is 0 Å². The normalized spacial score (nSPS) is 16.8. The quantitative estimate of drug-likeness (QED) is 0.849. The molecule has 0 unspecified atom stereocenters. The molecule has 1 fully saturated rings. The van der Waals surface area contributed by atoms with Gasteiger partial charge in [-0.3, -0.25) is 9.69 Å². The van der Waals surface area contributed by atoms with E-state index in [0.717, 1.165) is 0 Å². The third-order valence-electron chi connectivity index (χ3n) is 2.97. The van der Waals surface area contributed by atoms with Gasteiger partial charge in [-0.2, -0.15) is 5.26 Å². The first-order valence-corrected chi connectivity index (χ1v) is 5.86. The molecule has 94 valence electrons. The van der Waals surface area contributed by atoms with Gasteiger partial charge in [0.1, 0.15) is 5.82 Å². The van der Waals surface area contributed by atoms with Crippen molar-refractivity contribution >= 4 is 5.91 Å². The Hall–Kier alpha value is -1.93. The first kappa shape index (κ1) is 12.5. The summed E-state index contributed by atoms with van der Waals surface area (Å²) in [7, 11) is 0. The van der Waals surface area contributed by atoms with E-state index in [1.54, 1.807) is 6.07 Å². The molecule has 0 radical (unpaired) electrons. The molecular weight excluding hydrogens is 233 g/mol. The minimum Gasteiger partial charge on any atom is -0.355 e. The lowest BCUT2D eigenvalue weighted by molar-refractivity contribution is -0.120. The molecule has 0 spiro atoms. The van der Waals surface area contributed by atoms with Crippen molar-refractivity contribution in [3.63, 3.8) is 0 Å². The molecule has 1 aliphatic rings. The lowest BCUT2D eigenvalue weighted by Gasteiger charge is -2.19. The van der Waals surface area contributed by atoms with Crippen LogP contribution in [0.4, 0.5) is 4.39 Å². The second-order valence-electron chi connectivity index (χ2n) is 4.29. The zero-order valence-corrected chi connectivity index (χ0v) is 9.95. The number of nitrogens with zero attached hydrogens (tertiary/aromatic N) is 2. The summed E-state index contributed by atoms with van der Waals surface area (Å²) in [6.45, 7) is 2.32. The molecule has 5 heteroatoms. The first-order chi connectivity index (χ1) is 8.69. The van der Waals surface area contributed by atoms with Crippen molar-refractivity contribution < 1.29 is 9.18 Å². The Balaban J connectivity index is 2.08. The molecule has 0 bridgehead atoms. The van der Waals surface area contributed by atoms with Crippen molar-refractivity contribution in [2.75, 3.05) is 19.6 Å². The Morgan fingerprint density at radius 2 is 2.28 bits per heavy atom. The summed E-state index contributed by atoms with van der Waals surface area (Å²) >= 11 is 0. The van der Waals surface area contributed by atoms with Crippen LogP contribution in [-0.2, 0) is 11.3 Å². The molecule has 0 atom stereocenters. The van der Waals surface area contributed by atoms with Crippen molar-refractivity contribution in [3.8, 4) is 6.07 Å². The molecule has 1 heterocycles. The van der Waals surface area contributed by atoms with E-state index in [2.05, 4.69) is 5.32 Å². The molecular formula is C13H14FN3O. The molecule has 4 nitrogen and oxygen atoms in total. The summed E-state index contributed by atoms with van der Waals surface area (Å²) in [5.74, 6) is -0.277. The molecule has 0 aliphatic carbocycles. The van der Waals surface area contributed by atoms with Gasteiger partial charge < -0.3 is 5.32 Å². The summed E-state index contributed by atoms with van der Waals surface area (Å²) in [6.07, 6.45) is 0.430. The summed E-state index contributed by atoms with van der Waals surface area (Å²) in [5, 5.41) is 11.6. The van der Waals surface area contributed by atoms with Crippen molar-refractivity contribution in [1.29, 1.82) is 5.26 Å². The monoisotopic (exact) mass is 247 g/mol. The van der Waals surface area contributed by atoms with Crippen LogP contribution < -0.4 is 5.32 Å². The van der Waals surface area contributed by atoms with Gasteiger partial charge in [0.2, 0.25) is 5.91 Å². The number of carbonyl (C=O) groups is 1. The SMILES string of the molecule is N#Cc1ccc(F)c(CN2CCNC(=O)CC2)c1. The number of hydrogen-bond acceptors (Lipinski definition) is 3. The Bertz CT molecular complexity index is 495. The largest absolute Gasteiger partial charge is 0.355 e. The van der Waals surface area contributed by atoms with E-state index < -0.39 is 0 Å². The summed E-state index contributed by atoms with van der Waals surface area (Å²) in [4.78, 5) is 13.2. The Morgan fingerprint density at radius 1 is 1.44 bits per heavy atom. The number of carbonyl (C=O) groups excluding carboxylic acids is 1. The zero-order valence-electron chi connectivity index (χ0n) is 9.95. The van der Waals surface area contributed by atoms with E-state index in [4.69, 9.17) is 5.26 Å². The lowest BCUT2D eigenvalue weighted by Crippen LogP contribution is -2.28. The highest BCUT2D eigenvalue weighted by Crippen LogP contribution is 2.13. The van der Waals surface area contributed by atoms with E-state index in [1.807, 2.05) is 11.0 Å². The number of nitriles is 1. The molecule has 1 aromatic carbocycles. The molecule has 0 saturated carbocycles. The fraction of sp³-hybridized carbons (Fsp3) is 0.385. The fourth-order valence-corrected chi connectivity index (χ4v) is 1.98. The Labute approximate surface area is 105 Å². The maximum Gasteiger partial charge on any atom is 0.221 e. The average Bonchev–Trinajstić information content (AvgIpc) is 2.57. The smallest absolute Gasteiger partial charge is 0.221 e. The predicted octanol–water partition coefficient (Wildman–Crippen LogP) is 1.02. The van der Waals surface area contributed by atoms with Crippen molar-refractivity contribution in [2.24, 2.45) is 0 Å². The third kappa shape index (κ3) is 3.05. The predicted molar refractivity (Wildman–Crippen MR) is 64.0 cm³/mol. The van der Waals surface area contributed by atoms with E-state index in [9.17, 15) is 9.18 Å². The van der Waals surface area contributed by atoms with Crippen LogP contribution in [0.3, 0.4) is 0 Å². The molecule has 1 saturated heterocycles. The number of nitrogens with one attached hydrogen (secondary N) is 1. The van der Waals surface area contributed by atoms with Crippen LogP contribution in [0.5, 0.6) is 0 Å². The summed E-state index contributed by atoms with van der Waals surface area (Å²) in [5.41, 5.74) is 0.957. The molecule has 0 aromatic heterocycles. The number of rotatable bonds is 2. The molecule has 2 rings (SSSR count). The van der Waals surface area contributed by atoms with Crippen LogP contribution in [0, 0.1) is 17.1 Å². The van der Waals surface area contributed by atoms with Gasteiger partial charge in [0.15, 0.2) is 0 Å². The van der Waals surface area contributed by atoms with Crippen LogP contribution in [-0.4, -0.2) is 30.4 Å². The molecule has 1 amide bonds. The van der Waals surface area contributed by atoms with Gasteiger partial charge in [-0.05, 0) is 18.2 Å². The van der Waals surface area contributed by atoms with Gasteiger partial charge >= 0.3 is 0 Å². The van der Waals surface area contributed by atoms with Crippen LogP contribution in [0.1, 0.15) is 17.5 Å². The topological polar surface area (TPSA) is 56.1 Å². The maximum atomic E-state index is 13.6. The second-order valence-corrected chi connectivity index (χ2v) is 4.29. The number of hydrogen-bond donors (Lipinski definition) is 1. The Kier molecular flexibility index (Phi) is 3.90. The minimum absolute atomic E-state index is 0.0312. The van der Waals surface area contributed by atoms with E-state index in [1.165, 1.54) is 12.1 Å². The third-order valence-corrected chi connectivity index (χ3v) is 2.97.